The Kier molecular flexibility index (Phi) is 3.11. The van der Waals surface area contributed by atoms with Crippen molar-refractivity contribution in [1.29, 1.82) is 0 Å². The predicted octanol–water partition coefficient (Wildman–Crippen LogP) is 2.12. The second-order valence-electron chi connectivity index (χ2n) is 4.50. The SMILES string of the molecule is NC1=CC=CC(N)(CCc2ccccc2)C1. The molecule has 0 aliphatic heterocycles. The zero-order chi connectivity index (χ0) is 11.4. The largest absolute Gasteiger partial charge is 0.402 e. The van der Waals surface area contributed by atoms with Crippen LogP contribution in [0.15, 0.2) is 54.3 Å². The summed E-state index contributed by atoms with van der Waals surface area (Å²) in [4.78, 5) is 0. The Morgan fingerprint density at radius 3 is 2.62 bits per heavy atom. The Bertz CT molecular complexity index is 406. The minimum absolute atomic E-state index is 0.269. The average molecular weight is 214 g/mol. The lowest BCUT2D eigenvalue weighted by Crippen LogP contribution is -2.40. The fourth-order valence-corrected chi connectivity index (χ4v) is 2.05. The molecule has 0 amide bonds. The van der Waals surface area contributed by atoms with Crippen molar-refractivity contribution >= 4 is 0 Å². The van der Waals surface area contributed by atoms with Gasteiger partial charge in [0.1, 0.15) is 0 Å². The van der Waals surface area contributed by atoms with Crippen molar-refractivity contribution in [3.05, 3.63) is 59.8 Å². The fraction of sp³-hybridized carbons (Fsp3) is 0.286. The van der Waals surface area contributed by atoms with Gasteiger partial charge in [-0.1, -0.05) is 42.5 Å². The summed E-state index contributed by atoms with van der Waals surface area (Å²) in [7, 11) is 0. The normalized spacial score (nSPS) is 24.2. The van der Waals surface area contributed by atoms with Gasteiger partial charge in [0.25, 0.3) is 0 Å². The molecule has 4 N–H and O–H groups in total. The summed E-state index contributed by atoms with van der Waals surface area (Å²) in [6.45, 7) is 0. The molecule has 0 heterocycles. The lowest BCUT2D eigenvalue weighted by Gasteiger charge is -2.28. The van der Waals surface area contributed by atoms with Gasteiger partial charge in [0.05, 0.1) is 0 Å². The Morgan fingerprint density at radius 1 is 1.19 bits per heavy atom. The number of aryl methyl sites for hydroxylation is 1. The minimum Gasteiger partial charge on any atom is -0.402 e. The third-order valence-electron chi connectivity index (χ3n) is 2.99. The van der Waals surface area contributed by atoms with E-state index < -0.39 is 0 Å². The molecule has 0 saturated carbocycles. The maximum atomic E-state index is 6.29. The first-order valence-corrected chi connectivity index (χ1v) is 5.65. The van der Waals surface area contributed by atoms with E-state index in [4.69, 9.17) is 11.5 Å². The zero-order valence-corrected chi connectivity index (χ0v) is 9.39. The molecule has 0 saturated heterocycles. The number of rotatable bonds is 3. The minimum atomic E-state index is -0.269. The van der Waals surface area contributed by atoms with Gasteiger partial charge in [0.2, 0.25) is 0 Å². The summed E-state index contributed by atoms with van der Waals surface area (Å²) in [6.07, 6.45) is 8.64. The van der Waals surface area contributed by atoms with Crippen LogP contribution in [0.4, 0.5) is 0 Å². The third kappa shape index (κ3) is 2.74. The molecule has 84 valence electrons. The van der Waals surface area contributed by atoms with Crippen molar-refractivity contribution in [3.63, 3.8) is 0 Å². The standard InChI is InChI=1S/C14H18N2/c15-13-7-4-9-14(16,11-13)10-8-12-5-2-1-3-6-12/h1-7,9H,8,10-11,15-16H2. The maximum absolute atomic E-state index is 6.29. The number of hydrogen-bond donors (Lipinski definition) is 2. The first kappa shape index (κ1) is 11.0. The highest BCUT2D eigenvalue weighted by molar-refractivity contribution is 5.26. The molecule has 0 fully saturated rings. The van der Waals surface area contributed by atoms with Gasteiger partial charge in [-0.3, -0.25) is 0 Å². The molecule has 0 radical (unpaired) electrons. The van der Waals surface area contributed by atoms with Crippen LogP contribution in [0.1, 0.15) is 18.4 Å². The monoisotopic (exact) mass is 214 g/mol. The molecule has 2 nitrogen and oxygen atoms in total. The van der Waals surface area contributed by atoms with Crippen LogP contribution >= 0.6 is 0 Å². The van der Waals surface area contributed by atoms with Crippen molar-refractivity contribution in [2.24, 2.45) is 11.5 Å². The summed E-state index contributed by atoms with van der Waals surface area (Å²) >= 11 is 0. The molecule has 1 aromatic carbocycles. The number of nitrogens with two attached hydrogens (primary N) is 2. The third-order valence-corrected chi connectivity index (χ3v) is 2.99. The van der Waals surface area contributed by atoms with Crippen LogP contribution in [-0.4, -0.2) is 5.54 Å². The number of allylic oxidation sites excluding steroid dienone is 2. The van der Waals surface area contributed by atoms with Crippen molar-refractivity contribution in [2.75, 3.05) is 0 Å². The Labute approximate surface area is 96.6 Å². The molecule has 0 bridgehead atoms. The average Bonchev–Trinajstić information content (AvgIpc) is 2.28. The van der Waals surface area contributed by atoms with Crippen molar-refractivity contribution in [2.45, 2.75) is 24.8 Å². The van der Waals surface area contributed by atoms with Gasteiger partial charge >= 0.3 is 0 Å². The molecule has 0 spiro atoms. The summed E-state index contributed by atoms with van der Waals surface area (Å²) in [5.41, 5.74) is 14.0. The first-order chi connectivity index (χ1) is 7.68. The number of benzene rings is 1. The van der Waals surface area contributed by atoms with E-state index in [1.165, 1.54) is 5.56 Å². The summed E-state index contributed by atoms with van der Waals surface area (Å²) in [5.74, 6) is 0. The molecule has 1 unspecified atom stereocenters. The van der Waals surface area contributed by atoms with Gasteiger partial charge in [-0.2, -0.15) is 0 Å². The van der Waals surface area contributed by atoms with Crippen LogP contribution in [0.5, 0.6) is 0 Å². The smallest absolute Gasteiger partial charge is 0.0400 e. The van der Waals surface area contributed by atoms with E-state index in [0.717, 1.165) is 25.0 Å². The predicted molar refractivity (Wildman–Crippen MR) is 67.7 cm³/mol. The second-order valence-corrected chi connectivity index (χ2v) is 4.50. The van der Waals surface area contributed by atoms with Gasteiger partial charge in [-0.15, -0.1) is 0 Å². The van der Waals surface area contributed by atoms with Crippen molar-refractivity contribution in [3.8, 4) is 0 Å². The Balaban J connectivity index is 1.96. The molecule has 2 rings (SSSR count). The highest BCUT2D eigenvalue weighted by atomic mass is 14.8. The molecule has 1 aliphatic rings. The summed E-state index contributed by atoms with van der Waals surface area (Å²) in [6, 6.07) is 10.4. The van der Waals surface area contributed by atoms with E-state index >= 15 is 0 Å². The van der Waals surface area contributed by atoms with Crippen LogP contribution in [0.3, 0.4) is 0 Å². The van der Waals surface area contributed by atoms with Gasteiger partial charge < -0.3 is 11.5 Å². The van der Waals surface area contributed by atoms with Gasteiger partial charge in [-0.05, 0) is 24.5 Å². The molecule has 16 heavy (non-hydrogen) atoms. The van der Waals surface area contributed by atoms with E-state index in [2.05, 4.69) is 30.3 Å². The molecule has 2 heteroatoms. The maximum Gasteiger partial charge on any atom is 0.0400 e. The molecule has 1 aromatic rings. The van der Waals surface area contributed by atoms with E-state index in [1.807, 2.05) is 18.2 Å². The van der Waals surface area contributed by atoms with Gasteiger partial charge in [-0.25, -0.2) is 0 Å². The highest BCUT2D eigenvalue weighted by Gasteiger charge is 2.23. The molecule has 1 aliphatic carbocycles. The van der Waals surface area contributed by atoms with Crippen LogP contribution in [0.2, 0.25) is 0 Å². The fourth-order valence-electron chi connectivity index (χ4n) is 2.05. The quantitative estimate of drug-likeness (QED) is 0.809. The van der Waals surface area contributed by atoms with E-state index in [1.54, 1.807) is 0 Å². The first-order valence-electron chi connectivity index (χ1n) is 5.65. The molecule has 1 atom stereocenters. The van der Waals surface area contributed by atoms with Gasteiger partial charge in [0, 0.05) is 17.7 Å². The van der Waals surface area contributed by atoms with E-state index in [9.17, 15) is 0 Å². The lowest BCUT2D eigenvalue weighted by molar-refractivity contribution is 0.475. The Morgan fingerprint density at radius 2 is 1.94 bits per heavy atom. The van der Waals surface area contributed by atoms with E-state index in [-0.39, 0.29) is 5.54 Å². The lowest BCUT2D eigenvalue weighted by atomic mass is 9.85. The highest BCUT2D eigenvalue weighted by Crippen LogP contribution is 2.23. The van der Waals surface area contributed by atoms with Crippen LogP contribution in [-0.2, 0) is 6.42 Å². The number of hydrogen-bond acceptors (Lipinski definition) is 2. The van der Waals surface area contributed by atoms with Crippen molar-refractivity contribution < 1.29 is 0 Å². The van der Waals surface area contributed by atoms with Crippen LogP contribution in [0, 0.1) is 0 Å². The molecular weight excluding hydrogens is 196 g/mol. The molecular formula is C14H18N2. The topological polar surface area (TPSA) is 52.0 Å². The summed E-state index contributed by atoms with van der Waals surface area (Å²) < 4.78 is 0. The zero-order valence-electron chi connectivity index (χ0n) is 9.39. The van der Waals surface area contributed by atoms with Gasteiger partial charge in [0.15, 0.2) is 0 Å². The van der Waals surface area contributed by atoms with Crippen LogP contribution in [0.25, 0.3) is 0 Å². The molecule has 0 aromatic heterocycles. The Hall–Kier alpha value is -1.54. The van der Waals surface area contributed by atoms with E-state index in [0.29, 0.717) is 0 Å². The second kappa shape index (κ2) is 4.54. The summed E-state index contributed by atoms with van der Waals surface area (Å²) in [5, 5.41) is 0. The van der Waals surface area contributed by atoms with Crippen molar-refractivity contribution in [1.82, 2.24) is 0 Å². The van der Waals surface area contributed by atoms with Crippen LogP contribution < -0.4 is 11.5 Å².